The molecule has 0 spiro atoms. The summed E-state index contributed by atoms with van der Waals surface area (Å²) in [6.07, 6.45) is 6.08. The van der Waals surface area contributed by atoms with Crippen molar-refractivity contribution in [2.24, 2.45) is 5.92 Å². The van der Waals surface area contributed by atoms with Gasteiger partial charge in [-0.15, -0.1) is 0 Å². The molecule has 1 aliphatic heterocycles. The summed E-state index contributed by atoms with van der Waals surface area (Å²) in [6.45, 7) is 14.7. The second-order valence-electron chi connectivity index (χ2n) is 8.59. The molecular weight excluding hydrogens is 386 g/mol. The van der Waals surface area contributed by atoms with Crippen molar-refractivity contribution in [3.05, 3.63) is 70.0 Å². The van der Waals surface area contributed by atoms with E-state index in [4.69, 9.17) is 4.42 Å². The molecule has 2 aliphatic rings. The number of carbonyl (C=O) groups excluding carboxylic acids is 1. The van der Waals surface area contributed by atoms with Crippen LogP contribution in [-0.4, -0.2) is 10.4 Å². The zero-order chi connectivity index (χ0) is 22.7. The SMILES string of the molecule is C=CC(=O)c1cn2c(cc1=O)-c1oc3c(C4CC4)cccc3c1CC2.CC.CC(C)C.[HH]. The quantitative estimate of drug-likeness (QED) is 0.338. The fourth-order valence-corrected chi connectivity index (χ4v) is 3.85. The van der Waals surface area contributed by atoms with Gasteiger partial charge in [-0.1, -0.05) is 59.4 Å². The highest BCUT2D eigenvalue weighted by atomic mass is 16.3. The van der Waals surface area contributed by atoms with Gasteiger partial charge in [0.15, 0.2) is 17.0 Å². The first-order valence-electron chi connectivity index (χ1n) is 11.4. The summed E-state index contributed by atoms with van der Waals surface area (Å²) in [4.78, 5) is 24.3. The van der Waals surface area contributed by atoms with Crippen LogP contribution in [0.5, 0.6) is 0 Å². The highest BCUT2D eigenvalue weighted by molar-refractivity contribution is 6.04. The number of pyridine rings is 1. The fraction of sp³-hybridized carbons (Fsp3) is 0.407. The van der Waals surface area contributed by atoms with E-state index in [-0.39, 0.29) is 18.2 Å². The van der Waals surface area contributed by atoms with Gasteiger partial charge in [-0.25, -0.2) is 0 Å². The van der Waals surface area contributed by atoms with E-state index >= 15 is 0 Å². The molecule has 0 amide bonds. The number of furan rings is 1. The number of fused-ring (bicyclic) bond motifs is 5. The van der Waals surface area contributed by atoms with Crippen molar-refractivity contribution in [3.63, 3.8) is 0 Å². The van der Waals surface area contributed by atoms with Crippen molar-refractivity contribution in [1.82, 2.24) is 4.57 Å². The van der Waals surface area contributed by atoms with E-state index < -0.39 is 0 Å². The maximum atomic E-state index is 12.4. The average Bonchev–Trinajstić information content (AvgIpc) is 3.53. The Kier molecular flexibility index (Phi) is 6.99. The monoisotopic (exact) mass is 421 g/mol. The Bertz CT molecular complexity index is 1160. The molecule has 2 aromatic heterocycles. The number of aromatic nitrogens is 1. The first kappa shape index (κ1) is 22.8. The van der Waals surface area contributed by atoms with Crippen LogP contribution in [0.25, 0.3) is 22.4 Å². The number of para-hydroxylation sites is 1. The van der Waals surface area contributed by atoms with E-state index in [1.807, 2.05) is 18.4 Å². The topological polar surface area (TPSA) is 52.2 Å². The van der Waals surface area contributed by atoms with Crippen LogP contribution in [0, 0.1) is 5.92 Å². The minimum absolute atomic E-state index is 0. The number of rotatable bonds is 3. The normalized spacial score (nSPS) is 14.0. The molecule has 0 atom stereocenters. The lowest BCUT2D eigenvalue weighted by Crippen LogP contribution is -2.20. The molecule has 3 aromatic rings. The van der Waals surface area contributed by atoms with Gasteiger partial charge in [0, 0.05) is 31.2 Å². The summed E-state index contributed by atoms with van der Waals surface area (Å²) < 4.78 is 8.21. The molecule has 1 saturated carbocycles. The van der Waals surface area contributed by atoms with Crippen LogP contribution in [0.4, 0.5) is 0 Å². The molecule has 0 bridgehead atoms. The van der Waals surface area contributed by atoms with Gasteiger partial charge >= 0.3 is 0 Å². The lowest BCUT2D eigenvalue weighted by Gasteiger charge is -2.18. The number of allylic oxidation sites excluding steroid dienone is 1. The Morgan fingerprint density at radius 1 is 1.26 bits per heavy atom. The zero-order valence-electron chi connectivity index (χ0n) is 19.3. The van der Waals surface area contributed by atoms with E-state index in [2.05, 4.69) is 45.5 Å². The van der Waals surface area contributed by atoms with Crippen molar-refractivity contribution in [1.29, 1.82) is 0 Å². The minimum atomic E-state index is -0.341. The number of hydrogen-bond acceptors (Lipinski definition) is 3. The van der Waals surface area contributed by atoms with Gasteiger partial charge in [0.05, 0.1) is 11.3 Å². The largest absolute Gasteiger partial charge is 0.454 e. The van der Waals surface area contributed by atoms with E-state index in [9.17, 15) is 9.59 Å². The molecule has 166 valence electrons. The van der Waals surface area contributed by atoms with Crippen LogP contribution in [0.1, 0.15) is 76.3 Å². The summed E-state index contributed by atoms with van der Waals surface area (Å²) in [5, 5.41) is 1.16. The second kappa shape index (κ2) is 9.51. The minimum Gasteiger partial charge on any atom is -0.454 e. The highest BCUT2D eigenvalue weighted by Crippen LogP contribution is 2.46. The maximum absolute atomic E-state index is 12.4. The number of hydrogen-bond donors (Lipinski definition) is 0. The number of aryl methyl sites for hydroxylation is 2. The Balaban J connectivity index is 0.000000471. The van der Waals surface area contributed by atoms with Crippen LogP contribution in [-0.2, 0) is 13.0 Å². The predicted molar refractivity (Wildman–Crippen MR) is 130 cm³/mol. The summed E-state index contributed by atoms with van der Waals surface area (Å²) in [7, 11) is 0. The van der Waals surface area contributed by atoms with Crippen LogP contribution in [0.15, 0.2) is 52.3 Å². The molecule has 4 heteroatoms. The van der Waals surface area contributed by atoms with Crippen molar-refractivity contribution < 1.29 is 10.6 Å². The molecule has 31 heavy (non-hydrogen) atoms. The Hall–Kier alpha value is -2.88. The average molecular weight is 422 g/mol. The molecule has 1 aliphatic carbocycles. The zero-order valence-corrected chi connectivity index (χ0v) is 19.3. The standard InChI is InChI=1S/C21H17NO3.C4H10.C2H6.H2/c1-2-18(23)16-11-22-9-8-15-14-5-3-4-13(12-6-7-12)20(14)25-21(15)17(22)10-19(16)24;1-4(2)3;1-2;/h2-5,10-12H,1,6-9H2;4H,1-3H3;1-2H3;1H. The maximum Gasteiger partial charge on any atom is 0.193 e. The van der Waals surface area contributed by atoms with Gasteiger partial charge in [0.25, 0.3) is 0 Å². The van der Waals surface area contributed by atoms with Crippen molar-refractivity contribution in [2.45, 2.75) is 66.3 Å². The van der Waals surface area contributed by atoms with Gasteiger partial charge in [-0.3, -0.25) is 9.59 Å². The van der Waals surface area contributed by atoms with Crippen molar-refractivity contribution >= 4 is 16.8 Å². The first-order chi connectivity index (χ1) is 14.9. The summed E-state index contributed by atoms with van der Waals surface area (Å²) in [6, 6.07) is 7.87. The Morgan fingerprint density at radius 3 is 2.55 bits per heavy atom. The number of benzene rings is 1. The van der Waals surface area contributed by atoms with E-state index in [0.29, 0.717) is 5.92 Å². The van der Waals surface area contributed by atoms with Gasteiger partial charge in [0.2, 0.25) is 0 Å². The molecule has 0 radical (unpaired) electrons. The number of ketones is 1. The summed E-state index contributed by atoms with van der Waals surface area (Å²) in [5.74, 6) is 1.86. The van der Waals surface area contributed by atoms with E-state index in [1.54, 1.807) is 6.20 Å². The van der Waals surface area contributed by atoms with Gasteiger partial charge < -0.3 is 8.98 Å². The third-order valence-corrected chi connectivity index (χ3v) is 5.28. The molecule has 0 N–H and O–H groups in total. The van der Waals surface area contributed by atoms with E-state index in [0.717, 1.165) is 41.3 Å². The Morgan fingerprint density at radius 2 is 1.94 bits per heavy atom. The van der Waals surface area contributed by atoms with Gasteiger partial charge in [-0.2, -0.15) is 0 Å². The fourth-order valence-electron chi connectivity index (χ4n) is 3.85. The lowest BCUT2D eigenvalue weighted by atomic mass is 9.99. The van der Waals surface area contributed by atoms with Crippen LogP contribution >= 0.6 is 0 Å². The molecule has 3 heterocycles. The molecule has 1 fully saturated rings. The Labute approximate surface area is 186 Å². The van der Waals surface area contributed by atoms with Crippen molar-refractivity contribution in [3.8, 4) is 11.5 Å². The van der Waals surface area contributed by atoms with E-state index in [1.165, 1.54) is 36.1 Å². The van der Waals surface area contributed by atoms with Crippen LogP contribution in [0.2, 0.25) is 0 Å². The number of nitrogens with zero attached hydrogens (tertiary/aromatic N) is 1. The lowest BCUT2D eigenvalue weighted by molar-refractivity contribution is 0.104. The molecule has 0 unspecified atom stereocenters. The predicted octanol–water partition coefficient (Wildman–Crippen LogP) is 7.00. The van der Waals surface area contributed by atoms with Crippen LogP contribution in [0.3, 0.4) is 0 Å². The third-order valence-electron chi connectivity index (χ3n) is 5.28. The first-order valence-corrected chi connectivity index (χ1v) is 11.4. The third kappa shape index (κ3) is 4.58. The smallest absolute Gasteiger partial charge is 0.193 e. The summed E-state index contributed by atoms with van der Waals surface area (Å²) >= 11 is 0. The molecule has 5 rings (SSSR count). The summed E-state index contributed by atoms with van der Waals surface area (Å²) in [5.41, 5.74) is 4.04. The van der Waals surface area contributed by atoms with Crippen LogP contribution < -0.4 is 5.43 Å². The van der Waals surface area contributed by atoms with Crippen molar-refractivity contribution in [2.75, 3.05) is 0 Å². The molecule has 1 aromatic carbocycles. The van der Waals surface area contributed by atoms with Gasteiger partial charge in [0.1, 0.15) is 5.58 Å². The van der Waals surface area contributed by atoms with Gasteiger partial charge in [-0.05, 0) is 42.7 Å². The second-order valence-corrected chi connectivity index (χ2v) is 8.59. The molecule has 0 saturated heterocycles. The molecular formula is C27H35NO3. The molecule has 4 nitrogen and oxygen atoms in total. The highest BCUT2D eigenvalue weighted by Gasteiger charge is 2.30. The number of carbonyl (C=O) groups is 1.